The molecule has 0 radical (unpaired) electrons. The molecule has 2 heterocycles. The number of nitrogens with one attached hydrogen (secondary N) is 2. The van der Waals surface area contributed by atoms with Gasteiger partial charge in [-0.1, -0.05) is 29.8 Å². The summed E-state index contributed by atoms with van der Waals surface area (Å²) in [6, 6.07) is 7.97. The van der Waals surface area contributed by atoms with Crippen LogP contribution in [0.15, 0.2) is 29.3 Å². The molecule has 27 heavy (non-hydrogen) atoms. The summed E-state index contributed by atoms with van der Waals surface area (Å²) < 4.78 is 28.7. The Kier molecular flexibility index (Phi) is 9.10. The maximum absolute atomic E-state index is 11.6. The highest BCUT2D eigenvalue weighted by Gasteiger charge is 2.28. The largest absolute Gasteiger partial charge is 0.381 e. The number of benzene rings is 1. The van der Waals surface area contributed by atoms with Crippen LogP contribution >= 0.6 is 35.6 Å². The second-order valence-electron chi connectivity index (χ2n) is 6.94. The number of aliphatic imine (C=N–C) groups is 1. The summed E-state index contributed by atoms with van der Waals surface area (Å²) in [7, 11) is -2.87. The molecule has 1 unspecified atom stereocenters. The standard InChI is InChI=1S/C18H26ClN3O3S.HI/c19-17-4-2-1-3-15(17)12-21-18(22-16-5-8-25-9-6-16)20-11-14-7-10-26(23,24)13-14;/h1-4,14,16H,5-13H2,(H2,20,21,22);1H. The summed E-state index contributed by atoms with van der Waals surface area (Å²) in [5.74, 6) is 1.40. The molecule has 2 aliphatic rings. The Balaban J connectivity index is 0.00000261. The third kappa shape index (κ3) is 7.40. The quantitative estimate of drug-likeness (QED) is 0.350. The average molecular weight is 528 g/mol. The van der Waals surface area contributed by atoms with Gasteiger partial charge in [-0.25, -0.2) is 13.4 Å². The van der Waals surface area contributed by atoms with Gasteiger partial charge in [0.25, 0.3) is 0 Å². The van der Waals surface area contributed by atoms with Crippen molar-refractivity contribution in [2.24, 2.45) is 10.9 Å². The Labute approximate surface area is 183 Å². The summed E-state index contributed by atoms with van der Waals surface area (Å²) in [6.45, 7) is 2.57. The highest BCUT2D eigenvalue weighted by Crippen LogP contribution is 2.18. The van der Waals surface area contributed by atoms with E-state index in [0.717, 1.165) is 31.6 Å². The Bertz CT molecular complexity index is 739. The third-order valence-corrected chi connectivity index (χ3v) is 7.02. The van der Waals surface area contributed by atoms with Gasteiger partial charge in [-0.15, -0.1) is 24.0 Å². The number of rotatable bonds is 5. The second-order valence-corrected chi connectivity index (χ2v) is 9.57. The van der Waals surface area contributed by atoms with Crippen LogP contribution in [0.2, 0.25) is 5.02 Å². The molecule has 2 aliphatic heterocycles. The fourth-order valence-corrected chi connectivity index (χ4v) is 5.31. The molecule has 2 saturated heterocycles. The molecule has 0 saturated carbocycles. The van der Waals surface area contributed by atoms with E-state index < -0.39 is 9.84 Å². The minimum absolute atomic E-state index is 0. The molecule has 0 aromatic heterocycles. The number of halogens is 2. The fraction of sp³-hybridized carbons (Fsp3) is 0.611. The van der Waals surface area contributed by atoms with E-state index in [2.05, 4.69) is 15.6 Å². The van der Waals surface area contributed by atoms with Crippen molar-refractivity contribution < 1.29 is 13.2 Å². The summed E-state index contributed by atoms with van der Waals surface area (Å²) in [5, 5.41) is 7.48. The van der Waals surface area contributed by atoms with Crippen molar-refractivity contribution >= 4 is 51.4 Å². The predicted octanol–water partition coefficient (Wildman–Crippen LogP) is 2.61. The molecule has 9 heteroatoms. The third-order valence-electron chi connectivity index (χ3n) is 4.81. The minimum atomic E-state index is -2.87. The molecule has 2 N–H and O–H groups in total. The van der Waals surface area contributed by atoms with Crippen LogP contribution in [0.3, 0.4) is 0 Å². The molecule has 6 nitrogen and oxygen atoms in total. The van der Waals surface area contributed by atoms with E-state index in [-0.39, 0.29) is 35.6 Å². The lowest BCUT2D eigenvalue weighted by molar-refractivity contribution is 0.0822. The van der Waals surface area contributed by atoms with Gasteiger partial charge in [-0.2, -0.15) is 0 Å². The zero-order valence-corrected chi connectivity index (χ0v) is 19.1. The topological polar surface area (TPSA) is 79.8 Å². The van der Waals surface area contributed by atoms with E-state index in [1.165, 1.54) is 0 Å². The van der Waals surface area contributed by atoms with Crippen molar-refractivity contribution in [2.45, 2.75) is 31.8 Å². The van der Waals surface area contributed by atoms with Crippen LogP contribution in [0.4, 0.5) is 0 Å². The van der Waals surface area contributed by atoms with Crippen molar-refractivity contribution in [3.63, 3.8) is 0 Å². The van der Waals surface area contributed by atoms with Crippen LogP contribution < -0.4 is 10.6 Å². The van der Waals surface area contributed by atoms with E-state index in [1.807, 2.05) is 24.3 Å². The van der Waals surface area contributed by atoms with E-state index in [4.69, 9.17) is 16.3 Å². The first kappa shape index (κ1) is 22.7. The fourth-order valence-electron chi connectivity index (χ4n) is 3.25. The molecular weight excluding hydrogens is 501 g/mol. The van der Waals surface area contributed by atoms with Gasteiger partial charge in [0.15, 0.2) is 15.8 Å². The van der Waals surface area contributed by atoms with Crippen molar-refractivity contribution in [3.05, 3.63) is 34.9 Å². The van der Waals surface area contributed by atoms with Crippen LogP contribution in [0, 0.1) is 5.92 Å². The Morgan fingerprint density at radius 1 is 1.22 bits per heavy atom. The molecular formula is C18H27ClIN3O3S. The zero-order valence-electron chi connectivity index (χ0n) is 15.2. The van der Waals surface area contributed by atoms with Gasteiger partial charge in [0, 0.05) is 30.8 Å². The van der Waals surface area contributed by atoms with Crippen LogP contribution in [0.25, 0.3) is 0 Å². The molecule has 2 fully saturated rings. The van der Waals surface area contributed by atoms with Crippen molar-refractivity contribution in [1.82, 2.24) is 10.6 Å². The van der Waals surface area contributed by atoms with Gasteiger partial charge in [-0.05, 0) is 36.8 Å². The maximum Gasteiger partial charge on any atom is 0.191 e. The normalized spacial score (nSPS) is 22.9. The highest BCUT2D eigenvalue weighted by atomic mass is 127. The smallest absolute Gasteiger partial charge is 0.191 e. The van der Waals surface area contributed by atoms with Crippen molar-refractivity contribution in [1.29, 1.82) is 0 Å². The maximum atomic E-state index is 11.6. The van der Waals surface area contributed by atoms with Crippen LogP contribution in [0.1, 0.15) is 24.8 Å². The monoisotopic (exact) mass is 527 g/mol. The summed E-state index contributed by atoms with van der Waals surface area (Å²) in [6.07, 6.45) is 2.58. The number of nitrogens with zero attached hydrogens (tertiary/aromatic N) is 1. The Morgan fingerprint density at radius 3 is 2.63 bits per heavy atom. The first-order chi connectivity index (χ1) is 12.5. The van der Waals surface area contributed by atoms with E-state index in [1.54, 1.807) is 0 Å². The number of hydrogen-bond acceptors (Lipinski definition) is 4. The Morgan fingerprint density at radius 2 is 1.96 bits per heavy atom. The molecule has 1 atom stereocenters. The van der Waals surface area contributed by atoms with Gasteiger partial charge in [0.1, 0.15) is 0 Å². The SMILES string of the molecule is I.O=S1(=O)CCC(CNC(=NCc2ccccc2Cl)NC2CCOCC2)C1. The van der Waals surface area contributed by atoms with E-state index in [0.29, 0.717) is 42.3 Å². The van der Waals surface area contributed by atoms with Crippen LogP contribution in [0.5, 0.6) is 0 Å². The van der Waals surface area contributed by atoms with Crippen LogP contribution in [-0.2, 0) is 21.1 Å². The zero-order chi connectivity index (χ0) is 18.4. The number of sulfone groups is 1. The number of hydrogen-bond donors (Lipinski definition) is 2. The molecule has 3 rings (SSSR count). The summed E-state index contributed by atoms with van der Waals surface area (Å²) >= 11 is 6.22. The first-order valence-corrected chi connectivity index (χ1v) is 11.3. The molecule has 0 aliphatic carbocycles. The lowest BCUT2D eigenvalue weighted by Gasteiger charge is -2.25. The van der Waals surface area contributed by atoms with Crippen molar-refractivity contribution in [3.8, 4) is 0 Å². The number of ether oxygens (including phenoxy) is 1. The van der Waals surface area contributed by atoms with Crippen molar-refractivity contribution in [2.75, 3.05) is 31.3 Å². The molecule has 0 spiro atoms. The molecule has 152 valence electrons. The molecule has 0 amide bonds. The predicted molar refractivity (Wildman–Crippen MR) is 120 cm³/mol. The molecule has 0 bridgehead atoms. The van der Waals surface area contributed by atoms with Gasteiger partial charge in [-0.3, -0.25) is 0 Å². The van der Waals surface area contributed by atoms with Gasteiger partial charge < -0.3 is 15.4 Å². The van der Waals surface area contributed by atoms with Gasteiger partial charge in [0.2, 0.25) is 0 Å². The van der Waals surface area contributed by atoms with E-state index >= 15 is 0 Å². The van der Waals surface area contributed by atoms with Crippen LogP contribution in [-0.4, -0.2) is 51.7 Å². The minimum Gasteiger partial charge on any atom is -0.381 e. The number of guanidine groups is 1. The lowest BCUT2D eigenvalue weighted by atomic mass is 10.1. The highest BCUT2D eigenvalue weighted by molar-refractivity contribution is 14.0. The first-order valence-electron chi connectivity index (χ1n) is 9.08. The summed E-state index contributed by atoms with van der Waals surface area (Å²) in [5.41, 5.74) is 0.964. The summed E-state index contributed by atoms with van der Waals surface area (Å²) in [4.78, 5) is 4.67. The van der Waals surface area contributed by atoms with Gasteiger partial charge in [0.05, 0.1) is 18.1 Å². The molecule has 1 aromatic carbocycles. The lowest BCUT2D eigenvalue weighted by Crippen LogP contribution is -2.47. The second kappa shape index (κ2) is 10.8. The Hall–Kier alpha value is -0.580. The average Bonchev–Trinajstić information content (AvgIpc) is 2.98. The van der Waals surface area contributed by atoms with Gasteiger partial charge >= 0.3 is 0 Å². The van der Waals surface area contributed by atoms with E-state index in [9.17, 15) is 8.42 Å². The molecule has 1 aromatic rings.